The highest BCUT2D eigenvalue weighted by Gasteiger charge is 2.15. The summed E-state index contributed by atoms with van der Waals surface area (Å²) in [6.45, 7) is 0. The van der Waals surface area contributed by atoms with E-state index in [4.69, 9.17) is 0 Å². The van der Waals surface area contributed by atoms with Crippen LogP contribution in [0.15, 0.2) is 51.8 Å². The first-order chi connectivity index (χ1) is 9.08. The Kier molecular flexibility index (Phi) is 4.96. The van der Waals surface area contributed by atoms with Crippen molar-refractivity contribution in [1.82, 2.24) is 0 Å². The smallest absolute Gasteiger partial charge is 0.143 e. The quantitative estimate of drug-likeness (QED) is 0.821. The van der Waals surface area contributed by atoms with E-state index in [1.165, 1.54) is 30.0 Å². The number of benzene rings is 2. The lowest BCUT2D eigenvalue weighted by atomic mass is 10.1. The number of aliphatic hydroxyl groups excluding tert-OH is 1. The molecule has 0 aliphatic heterocycles. The third kappa shape index (κ3) is 3.78. The molecule has 2 rings (SSSR count). The van der Waals surface area contributed by atoms with Crippen LogP contribution in [0.1, 0.15) is 11.7 Å². The third-order valence-electron chi connectivity index (χ3n) is 2.54. The number of hydrogen-bond acceptors (Lipinski definition) is 2. The van der Waals surface area contributed by atoms with Crippen LogP contribution in [0.4, 0.5) is 8.78 Å². The predicted molar refractivity (Wildman–Crippen MR) is 76.2 cm³/mol. The Bertz CT molecular complexity index is 577. The van der Waals surface area contributed by atoms with Crippen molar-refractivity contribution in [1.29, 1.82) is 0 Å². The standard InChI is InChI=1S/C14H11BrF2OS/c15-12-6-2-5-11(14(12)17)13(18)8-19-10-4-1-3-9(16)7-10/h1-7,13,18H,8H2. The molecule has 0 amide bonds. The molecule has 1 unspecified atom stereocenters. The Hall–Kier alpha value is -0.910. The Balaban J connectivity index is 2.05. The summed E-state index contributed by atoms with van der Waals surface area (Å²) in [4.78, 5) is 0.703. The zero-order chi connectivity index (χ0) is 13.8. The van der Waals surface area contributed by atoms with Gasteiger partial charge in [-0.15, -0.1) is 11.8 Å². The van der Waals surface area contributed by atoms with E-state index in [0.717, 1.165) is 0 Å². The van der Waals surface area contributed by atoms with Gasteiger partial charge >= 0.3 is 0 Å². The van der Waals surface area contributed by atoms with Gasteiger partial charge in [0.1, 0.15) is 11.6 Å². The molecule has 1 N–H and O–H groups in total. The van der Waals surface area contributed by atoms with E-state index in [2.05, 4.69) is 15.9 Å². The molecule has 0 heterocycles. The SMILES string of the molecule is OC(CSc1cccc(F)c1)c1cccc(Br)c1F. The van der Waals surface area contributed by atoms with Gasteiger partial charge in [0.05, 0.1) is 10.6 Å². The van der Waals surface area contributed by atoms with Gasteiger partial charge in [0.25, 0.3) is 0 Å². The molecule has 0 fully saturated rings. The lowest BCUT2D eigenvalue weighted by Gasteiger charge is -2.12. The summed E-state index contributed by atoms with van der Waals surface area (Å²) in [6.07, 6.45) is -0.939. The van der Waals surface area contributed by atoms with E-state index in [0.29, 0.717) is 9.37 Å². The van der Waals surface area contributed by atoms with Gasteiger partial charge < -0.3 is 5.11 Å². The van der Waals surface area contributed by atoms with Gasteiger partial charge in [-0.05, 0) is 40.2 Å². The highest BCUT2D eigenvalue weighted by Crippen LogP contribution is 2.28. The van der Waals surface area contributed by atoms with E-state index in [1.54, 1.807) is 24.3 Å². The Labute approximate surface area is 122 Å². The number of halogens is 3. The maximum atomic E-state index is 13.8. The van der Waals surface area contributed by atoms with E-state index >= 15 is 0 Å². The minimum atomic E-state index is -0.939. The molecule has 0 aliphatic rings. The highest BCUT2D eigenvalue weighted by molar-refractivity contribution is 9.10. The number of hydrogen-bond donors (Lipinski definition) is 1. The Morgan fingerprint density at radius 2 is 1.89 bits per heavy atom. The molecule has 2 aromatic carbocycles. The minimum Gasteiger partial charge on any atom is -0.387 e. The van der Waals surface area contributed by atoms with Crippen LogP contribution < -0.4 is 0 Å². The van der Waals surface area contributed by atoms with E-state index < -0.39 is 11.9 Å². The van der Waals surface area contributed by atoms with E-state index in [1.807, 2.05) is 0 Å². The van der Waals surface area contributed by atoms with Crippen molar-refractivity contribution in [2.45, 2.75) is 11.0 Å². The normalized spacial score (nSPS) is 12.4. The first kappa shape index (κ1) is 14.5. The number of thioether (sulfide) groups is 1. The molecule has 0 bridgehead atoms. The van der Waals surface area contributed by atoms with Crippen LogP contribution in [0, 0.1) is 11.6 Å². The molecule has 1 nitrogen and oxygen atoms in total. The molecule has 2 aromatic rings. The van der Waals surface area contributed by atoms with Crippen LogP contribution in [0.2, 0.25) is 0 Å². The fourth-order valence-electron chi connectivity index (χ4n) is 1.60. The second-order valence-corrected chi connectivity index (χ2v) is 5.87. The van der Waals surface area contributed by atoms with Gasteiger partial charge in [-0.3, -0.25) is 0 Å². The summed E-state index contributed by atoms with van der Waals surface area (Å²) in [5.74, 6) is -0.528. The summed E-state index contributed by atoms with van der Waals surface area (Å²) in [5, 5.41) is 9.98. The molecule has 0 saturated heterocycles. The van der Waals surface area contributed by atoms with E-state index in [9.17, 15) is 13.9 Å². The second kappa shape index (κ2) is 6.50. The lowest BCUT2D eigenvalue weighted by Crippen LogP contribution is -2.03. The molecule has 0 aromatic heterocycles. The topological polar surface area (TPSA) is 20.2 Å². The molecule has 0 spiro atoms. The molecule has 5 heteroatoms. The molecule has 0 aliphatic carbocycles. The largest absolute Gasteiger partial charge is 0.387 e. The monoisotopic (exact) mass is 344 g/mol. The summed E-state index contributed by atoms with van der Waals surface area (Å²) in [7, 11) is 0. The summed E-state index contributed by atoms with van der Waals surface area (Å²) in [5.41, 5.74) is 0.235. The summed E-state index contributed by atoms with van der Waals surface area (Å²) >= 11 is 4.36. The lowest BCUT2D eigenvalue weighted by molar-refractivity contribution is 0.198. The van der Waals surface area contributed by atoms with Crippen LogP contribution in [-0.4, -0.2) is 10.9 Å². The molecule has 19 heavy (non-hydrogen) atoms. The fraction of sp³-hybridized carbons (Fsp3) is 0.143. The molecule has 100 valence electrons. The highest BCUT2D eigenvalue weighted by atomic mass is 79.9. The zero-order valence-electron chi connectivity index (χ0n) is 9.82. The van der Waals surface area contributed by atoms with Crippen molar-refractivity contribution in [3.05, 3.63) is 64.1 Å². The van der Waals surface area contributed by atoms with Gasteiger partial charge in [-0.1, -0.05) is 18.2 Å². The van der Waals surface area contributed by atoms with Gasteiger partial charge in [0.2, 0.25) is 0 Å². The first-order valence-corrected chi connectivity index (χ1v) is 7.36. The third-order valence-corrected chi connectivity index (χ3v) is 4.23. The predicted octanol–water partition coefficient (Wildman–Crippen LogP) is 4.55. The molecular formula is C14H11BrF2OS. The van der Waals surface area contributed by atoms with Crippen LogP contribution in [0.5, 0.6) is 0 Å². The second-order valence-electron chi connectivity index (χ2n) is 3.93. The van der Waals surface area contributed by atoms with E-state index in [-0.39, 0.29) is 17.1 Å². The van der Waals surface area contributed by atoms with Crippen LogP contribution >= 0.6 is 27.7 Å². The van der Waals surface area contributed by atoms with Gasteiger partial charge in [0.15, 0.2) is 0 Å². The van der Waals surface area contributed by atoms with Crippen molar-refractivity contribution in [2.24, 2.45) is 0 Å². The zero-order valence-corrected chi connectivity index (χ0v) is 12.2. The van der Waals surface area contributed by atoms with Crippen LogP contribution in [-0.2, 0) is 0 Å². The molecule has 0 saturated carbocycles. The van der Waals surface area contributed by atoms with Crippen molar-refractivity contribution in [3.8, 4) is 0 Å². The summed E-state index contributed by atoms with van der Waals surface area (Å²) in [6, 6.07) is 10.9. The number of aliphatic hydroxyl groups is 1. The van der Waals surface area contributed by atoms with Crippen molar-refractivity contribution in [2.75, 3.05) is 5.75 Å². The maximum absolute atomic E-state index is 13.8. The van der Waals surface area contributed by atoms with Crippen molar-refractivity contribution in [3.63, 3.8) is 0 Å². The number of rotatable bonds is 4. The van der Waals surface area contributed by atoms with Crippen molar-refractivity contribution >= 4 is 27.7 Å². The van der Waals surface area contributed by atoms with Crippen LogP contribution in [0.25, 0.3) is 0 Å². The summed E-state index contributed by atoms with van der Waals surface area (Å²) < 4.78 is 27.1. The average molecular weight is 345 g/mol. The molecule has 0 radical (unpaired) electrons. The Morgan fingerprint density at radius 3 is 2.63 bits per heavy atom. The van der Waals surface area contributed by atoms with Gasteiger partial charge in [-0.2, -0.15) is 0 Å². The van der Waals surface area contributed by atoms with Crippen LogP contribution in [0.3, 0.4) is 0 Å². The van der Waals surface area contributed by atoms with Crippen molar-refractivity contribution < 1.29 is 13.9 Å². The van der Waals surface area contributed by atoms with Gasteiger partial charge in [0, 0.05) is 16.2 Å². The Morgan fingerprint density at radius 1 is 1.16 bits per heavy atom. The molecular weight excluding hydrogens is 334 g/mol. The molecule has 1 atom stereocenters. The van der Waals surface area contributed by atoms with Gasteiger partial charge in [-0.25, -0.2) is 8.78 Å². The minimum absolute atomic E-state index is 0.235. The maximum Gasteiger partial charge on any atom is 0.143 e. The average Bonchev–Trinajstić information content (AvgIpc) is 2.39. The fourth-order valence-corrected chi connectivity index (χ4v) is 2.88. The first-order valence-electron chi connectivity index (χ1n) is 5.58.